The van der Waals surface area contributed by atoms with Gasteiger partial charge in [-0.25, -0.2) is 8.42 Å². The van der Waals surface area contributed by atoms with Crippen molar-refractivity contribution in [1.29, 1.82) is 5.26 Å². The van der Waals surface area contributed by atoms with Crippen molar-refractivity contribution < 1.29 is 8.42 Å². The number of sulfone groups is 1. The summed E-state index contributed by atoms with van der Waals surface area (Å²) in [5.74, 6) is 0. The van der Waals surface area contributed by atoms with E-state index in [4.69, 9.17) is 5.26 Å². The Hall–Kier alpha value is -1.65. The smallest absolute Gasteiger partial charge is 0.200 e. The second kappa shape index (κ2) is 6.20. The van der Waals surface area contributed by atoms with Crippen molar-refractivity contribution in [1.82, 2.24) is 0 Å². The summed E-state index contributed by atoms with van der Waals surface area (Å²) in [4.78, 5) is 0.266. The van der Waals surface area contributed by atoms with Crippen molar-refractivity contribution in [3.8, 4) is 6.07 Å². The van der Waals surface area contributed by atoms with Gasteiger partial charge >= 0.3 is 0 Å². The molecule has 3 nitrogen and oxygen atoms in total. The van der Waals surface area contributed by atoms with Crippen LogP contribution in [-0.2, 0) is 9.84 Å². The summed E-state index contributed by atoms with van der Waals surface area (Å²) < 4.78 is 25.0. The number of nitrogens with zero attached hydrogens (tertiary/aromatic N) is 1. The van der Waals surface area contributed by atoms with Gasteiger partial charge in [0.2, 0.25) is 9.84 Å². The molecule has 0 N–H and O–H groups in total. The van der Waals surface area contributed by atoms with Gasteiger partial charge in [0.25, 0.3) is 0 Å². The fourth-order valence-electron chi connectivity index (χ4n) is 1.59. The molecule has 2 aromatic rings. The zero-order valence-corrected chi connectivity index (χ0v) is 13.3. The predicted octanol–water partition coefficient (Wildman–Crippen LogP) is 3.77. The molecule has 0 fully saturated rings. The van der Waals surface area contributed by atoms with Crippen molar-refractivity contribution in [3.05, 3.63) is 71.1 Å². The highest BCUT2D eigenvalue weighted by Gasteiger charge is 2.12. The summed E-state index contributed by atoms with van der Waals surface area (Å²) in [5.41, 5.74) is 1.31. The minimum atomic E-state index is -3.46. The molecule has 0 saturated carbocycles. The summed E-state index contributed by atoms with van der Waals surface area (Å²) in [6.07, 6.45) is 0. The Bertz CT molecular complexity index is 773. The molecular formula is C15H10INO2S. The molecule has 0 saturated heterocycles. The zero-order chi connectivity index (χ0) is 14.6. The van der Waals surface area contributed by atoms with Crippen LogP contribution in [0.5, 0.6) is 0 Å². The Morgan fingerprint density at radius 3 is 2.20 bits per heavy atom. The van der Waals surface area contributed by atoms with Crippen LogP contribution in [0.2, 0.25) is 0 Å². The van der Waals surface area contributed by atoms with Crippen molar-refractivity contribution in [3.63, 3.8) is 0 Å². The summed E-state index contributed by atoms with van der Waals surface area (Å²) in [7, 11) is -3.46. The molecule has 0 unspecified atom stereocenters. The van der Waals surface area contributed by atoms with E-state index in [2.05, 4.69) is 0 Å². The third kappa shape index (κ3) is 3.46. The van der Waals surface area contributed by atoms with E-state index in [-0.39, 0.29) is 4.90 Å². The average Bonchev–Trinajstić information content (AvgIpc) is 2.48. The maximum atomic E-state index is 12.2. The third-order valence-electron chi connectivity index (χ3n) is 2.62. The summed E-state index contributed by atoms with van der Waals surface area (Å²) in [6, 6.07) is 17.1. The average molecular weight is 395 g/mol. The molecule has 0 spiro atoms. The van der Waals surface area contributed by atoms with Crippen LogP contribution in [0.3, 0.4) is 0 Å². The van der Waals surface area contributed by atoms with Crippen LogP contribution < -0.4 is 0 Å². The van der Waals surface area contributed by atoms with Crippen LogP contribution in [-0.4, -0.2) is 8.42 Å². The Labute approximate surface area is 131 Å². The van der Waals surface area contributed by atoms with E-state index < -0.39 is 9.84 Å². The summed E-state index contributed by atoms with van der Waals surface area (Å²) in [5, 5.41) is 9.98. The van der Waals surface area contributed by atoms with Crippen LogP contribution >= 0.6 is 22.6 Å². The van der Waals surface area contributed by atoms with Gasteiger partial charge in [0.05, 0.1) is 16.5 Å². The van der Waals surface area contributed by atoms with Crippen molar-refractivity contribution >= 4 is 36.0 Å². The van der Waals surface area contributed by atoms with Crippen LogP contribution in [0.15, 0.2) is 64.9 Å². The molecule has 0 aliphatic carbocycles. The maximum absolute atomic E-state index is 12.2. The van der Waals surface area contributed by atoms with Crippen LogP contribution in [0.4, 0.5) is 0 Å². The van der Waals surface area contributed by atoms with Gasteiger partial charge < -0.3 is 0 Å². The first-order valence-corrected chi connectivity index (χ1v) is 8.33. The fourth-order valence-corrected chi connectivity index (χ4v) is 4.03. The van der Waals surface area contributed by atoms with Crippen LogP contribution in [0.1, 0.15) is 11.1 Å². The first-order valence-electron chi connectivity index (χ1n) is 5.71. The Kier molecular flexibility index (Phi) is 4.57. The quantitative estimate of drug-likeness (QED) is 0.744. The standard InChI is InChI=1S/C15H10INO2S/c16-15(13-8-6-12(10-17)7-9-13)11-20(18,19)14-4-2-1-3-5-14/h1-9,11H/b15-11+. The number of rotatable bonds is 3. The zero-order valence-electron chi connectivity index (χ0n) is 10.3. The molecule has 0 bridgehead atoms. The normalized spacial score (nSPS) is 11.9. The lowest BCUT2D eigenvalue weighted by Crippen LogP contribution is -1.96. The van der Waals surface area contributed by atoms with Gasteiger partial charge in [-0.05, 0) is 52.4 Å². The van der Waals surface area contributed by atoms with E-state index >= 15 is 0 Å². The number of halogens is 1. The Morgan fingerprint density at radius 1 is 1.05 bits per heavy atom. The molecule has 20 heavy (non-hydrogen) atoms. The highest BCUT2D eigenvalue weighted by molar-refractivity contribution is 14.1. The van der Waals surface area contributed by atoms with Crippen molar-refractivity contribution in [2.75, 3.05) is 0 Å². The van der Waals surface area contributed by atoms with Gasteiger partial charge in [-0.2, -0.15) is 5.26 Å². The molecule has 0 radical (unpaired) electrons. The van der Waals surface area contributed by atoms with Gasteiger partial charge in [-0.1, -0.05) is 30.3 Å². The van der Waals surface area contributed by atoms with Gasteiger partial charge in [-0.15, -0.1) is 0 Å². The number of nitriles is 1. The lowest BCUT2D eigenvalue weighted by Gasteiger charge is -2.02. The van der Waals surface area contributed by atoms with E-state index in [9.17, 15) is 8.42 Å². The van der Waals surface area contributed by atoms with E-state index in [1.54, 1.807) is 54.6 Å². The number of benzene rings is 2. The molecule has 5 heteroatoms. The molecule has 0 amide bonds. The minimum Gasteiger partial charge on any atom is -0.219 e. The second-order valence-corrected chi connectivity index (χ2v) is 6.97. The van der Waals surface area contributed by atoms with Crippen LogP contribution in [0, 0.1) is 11.3 Å². The molecule has 0 aliphatic rings. The van der Waals surface area contributed by atoms with Crippen molar-refractivity contribution in [2.45, 2.75) is 4.90 Å². The molecule has 2 aromatic carbocycles. The summed E-state index contributed by atoms with van der Waals surface area (Å²) >= 11 is 1.98. The predicted molar refractivity (Wildman–Crippen MR) is 86.8 cm³/mol. The minimum absolute atomic E-state index is 0.266. The van der Waals surface area contributed by atoms with Gasteiger partial charge in [0.15, 0.2) is 0 Å². The van der Waals surface area contributed by atoms with Gasteiger partial charge in [0.1, 0.15) is 0 Å². The lowest BCUT2D eigenvalue weighted by atomic mass is 10.1. The highest BCUT2D eigenvalue weighted by Crippen LogP contribution is 2.25. The monoisotopic (exact) mass is 395 g/mol. The third-order valence-corrected chi connectivity index (χ3v) is 5.45. The summed E-state index contributed by atoms with van der Waals surface area (Å²) in [6.45, 7) is 0. The molecule has 2 rings (SSSR count). The number of hydrogen-bond donors (Lipinski definition) is 0. The molecule has 0 aliphatic heterocycles. The van der Waals surface area contributed by atoms with Gasteiger partial charge in [0, 0.05) is 8.99 Å². The number of hydrogen-bond acceptors (Lipinski definition) is 3. The largest absolute Gasteiger partial charge is 0.219 e. The van der Waals surface area contributed by atoms with Crippen LogP contribution in [0.25, 0.3) is 3.58 Å². The first-order chi connectivity index (χ1) is 9.53. The SMILES string of the molecule is N#Cc1ccc(/C(I)=C\S(=O)(=O)c2ccccc2)cc1. The first kappa shape index (κ1) is 14.8. The van der Waals surface area contributed by atoms with E-state index in [1.807, 2.05) is 28.7 Å². The van der Waals surface area contributed by atoms with E-state index in [0.29, 0.717) is 9.14 Å². The van der Waals surface area contributed by atoms with Gasteiger partial charge in [-0.3, -0.25) is 0 Å². The van der Waals surface area contributed by atoms with E-state index in [0.717, 1.165) is 5.56 Å². The molecule has 0 heterocycles. The van der Waals surface area contributed by atoms with E-state index in [1.165, 1.54) is 5.41 Å². The van der Waals surface area contributed by atoms with Crippen molar-refractivity contribution in [2.24, 2.45) is 0 Å². The molecule has 0 aromatic heterocycles. The molecule has 100 valence electrons. The second-order valence-electron chi connectivity index (χ2n) is 4.01. The topological polar surface area (TPSA) is 57.9 Å². The maximum Gasteiger partial charge on any atom is 0.200 e. The molecule has 0 atom stereocenters. The molecular weight excluding hydrogens is 385 g/mol. The Balaban J connectivity index is 2.37. The highest BCUT2D eigenvalue weighted by atomic mass is 127. The fraction of sp³-hybridized carbons (Fsp3) is 0. The lowest BCUT2D eigenvalue weighted by molar-refractivity contribution is 0.605. The Morgan fingerprint density at radius 2 is 1.65 bits per heavy atom.